The Morgan fingerprint density at radius 1 is 1.33 bits per heavy atom. The molecule has 2 aliphatic heterocycles. The van der Waals surface area contributed by atoms with Gasteiger partial charge < -0.3 is 23.7 Å². The van der Waals surface area contributed by atoms with E-state index in [0.29, 0.717) is 63.1 Å². The molecule has 3 heterocycles. The molecule has 0 bridgehead atoms. The van der Waals surface area contributed by atoms with Gasteiger partial charge in [-0.25, -0.2) is 0 Å². The first-order valence-electron chi connectivity index (χ1n) is 9.74. The summed E-state index contributed by atoms with van der Waals surface area (Å²) >= 11 is 16.3. The number of benzene rings is 1. The third-order valence-electron chi connectivity index (χ3n) is 5.30. The Hall–Kier alpha value is -1.50. The summed E-state index contributed by atoms with van der Waals surface area (Å²) in [6.07, 6.45) is 2.87. The predicted octanol–water partition coefficient (Wildman–Crippen LogP) is 4.61. The first-order chi connectivity index (χ1) is 14.5. The molecule has 2 aliphatic rings. The summed E-state index contributed by atoms with van der Waals surface area (Å²) in [5, 5.41) is 10.2. The minimum Gasteiger partial charge on any atom is -0.478 e. The predicted molar refractivity (Wildman–Crippen MR) is 116 cm³/mol. The van der Waals surface area contributed by atoms with Crippen molar-refractivity contribution in [1.82, 2.24) is 9.47 Å². The SMILES string of the molecule is N#CCOc1cc(Cl)c(Cl)c2c1c(Br)c1n2CCN(CCOC2CCCCO2)C1=O. The molecule has 1 saturated heterocycles. The molecule has 1 unspecified atom stereocenters. The quantitative estimate of drug-likeness (QED) is 0.560. The molecule has 30 heavy (non-hydrogen) atoms. The maximum absolute atomic E-state index is 13.2. The zero-order chi connectivity index (χ0) is 21.3. The third kappa shape index (κ3) is 4.02. The summed E-state index contributed by atoms with van der Waals surface area (Å²) in [5.74, 6) is 0.280. The van der Waals surface area contributed by atoms with E-state index in [4.69, 9.17) is 42.7 Å². The van der Waals surface area contributed by atoms with E-state index in [1.807, 2.05) is 10.6 Å². The second kappa shape index (κ2) is 9.33. The Bertz CT molecular complexity index is 1010. The van der Waals surface area contributed by atoms with Crippen molar-refractivity contribution in [3.63, 3.8) is 0 Å². The Morgan fingerprint density at radius 3 is 2.90 bits per heavy atom. The molecule has 1 aromatic carbocycles. The van der Waals surface area contributed by atoms with E-state index >= 15 is 0 Å². The van der Waals surface area contributed by atoms with Crippen molar-refractivity contribution in [2.24, 2.45) is 0 Å². The second-order valence-corrected chi connectivity index (χ2v) is 8.69. The number of aromatic nitrogens is 1. The summed E-state index contributed by atoms with van der Waals surface area (Å²) in [4.78, 5) is 15.0. The third-order valence-corrected chi connectivity index (χ3v) is 6.85. The van der Waals surface area contributed by atoms with E-state index in [-0.39, 0.29) is 18.8 Å². The van der Waals surface area contributed by atoms with Crippen molar-refractivity contribution < 1.29 is 19.0 Å². The van der Waals surface area contributed by atoms with E-state index in [9.17, 15) is 4.79 Å². The number of carbonyl (C=O) groups is 1. The van der Waals surface area contributed by atoms with Crippen LogP contribution in [0.3, 0.4) is 0 Å². The zero-order valence-corrected chi connectivity index (χ0v) is 19.2. The lowest BCUT2D eigenvalue weighted by atomic mass is 10.2. The van der Waals surface area contributed by atoms with Crippen LogP contribution in [0.4, 0.5) is 0 Å². The molecule has 1 aromatic heterocycles. The maximum Gasteiger partial charge on any atom is 0.271 e. The Kier molecular flexibility index (Phi) is 6.75. The van der Waals surface area contributed by atoms with E-state index < -0.39 is 0 Å². The van der Waals surface area contributed by atoms with Gasteiger partial charge in [0.15, 0.2) is 12.9 Å². The molecule has 160 valence electrons. The first kappa shape index (κ1) is 21.7. The van der Waals surface area contributed by atoms with Crippen LogP contribution < -0.4 is 4.74 Å². The summed E-state index contributed by atoms with van der Waals surface area (Å²) in [5.41, 5.74) is 1.11. The molecule has 0 N–H and O–H groups in total. The molecule has 0 spiro atoms. The van der Waals surface area contributed by atoms with Crippen LogP contribution in [-0.2, 0) is 16.0 Å². The minimum absolute atomic E-state index is 0.129. The molecule has 2 aromatic rings. The molecule has 10 heteroatoms. The van der Waals surface area contributed by atoms with E-state index in [2.05, 4.69) is 15.9 Å². The van der Waals surface area contributed by atoms with E-state index in [0.717, 1.165) is 25.9 Å². The van der Waals surface area contributed by atoms with Gasteiger partial charge in [-0.2, -0.15) is 5.26 Å². The molecule has 1 atom stereocenters. The van der Waals surface area contributed by atoms with Crippen LogP contribution in [0, 0.1) is 11.3 Å². The molecular formula is C20H20BrCl2N3O4. The van der Waals surface area contributed by atoms with Gasteiger partial charge in [-0.15, -0.1) is 0 Å². The first-order valence-corrected chi connectivity index (χ1v) is 11.3. The highest BCUT2D eigenvalue weighted by Gasteiger charge is 2.33. The summed E-state index contributed by atoms with van der Waals surface area (Å²) < 4.78 is 19.4. The molecule has 7 nitrogen and oxygen atoms in total. The number of fused-ring (bicyclic) bond motifs is 3. The molecule has 4 rings (SSSR count). The van der Waals surface area contributed by atoms with Crippen molar-refractivity contribution in [2.75, 3.05) is 32.9 Å². The Morgan fingerprint density at radius 2 is 2.17 bits per heavy atom. The second-order valence-electron chi connectivity index (χ2n) is 7.11. The van der Waals surface area contributed by atoms with Crippen LogP contribution in [0.2, 0.25) is 10.0 Å². The summed E-state index contributed by atoms with van der Waals surface area (Å²) in [6.45, 7) is 2.55. The fourth-order valence-corrected chi connectivity index (χ4v) is 5.09. The lowest BCUT2D eigenvalue weighted by Gasteiger charge is -2.30. The van der Waals surface area contributed by atoms with E-state index in [1.54, 1.807) is 11.0 Å². The molecular weight excluding hydrogens is 497 g/mol. The van der Waals surface area contributed by atoms with Crippen molar-refractivity contribution in [3.8, 4) is 11.8 Å². The number of ether oxygens (including phenoxy) is 3. The average Bonchev–Trinajstić information content (AvgIpc) is 3.05. The number of hydrogen-bond acceptors (Lipinski definition) is 5. The number of amides is 1. The molecule has 1 amide bonds. The average molecular weight is 517 g/mol. The highest BCUT2D eigenvalue weighted by Crippen LogP contribution is 2.45. The van der Waals surface area contributed by atoms with Gasteiger partial charge in [-0.1, -0.05) is 23.2 Å². The number of hydrogen-bond donors (Lipinski definition) is 0. The lowest BCUT2D eigenvalue weighted by molar-refractivity contribution is -0.163. The van der Waals surface area contributed by atoms with Crippen LogP contribution in [0.15, 0.2) is 10.5 Å². The van der Waals surface area contributed by atoms with Gasteiger partial charge in [0.1, 0.15) is 17.5 Å². The molecule has 1 fully saturated rings. The zero-order valence-electron chi connectivity index (χ0n) is 16.1. The van der Waals surface area contributed by atoms with Gasteiger partial charge >= 0.3 is 0 Å². The van der Waals surface area contributed by atoms with Crippen LogP contribution in [0.25, 0.3) is 10.9 Å². The number of nitriles is 1. The van der Waals surface area contributed by atoms with Gasteiger partial charge in [-0.3, -0.25) is 4.79 Å². The van der Waals surface area contributed by atoms with Gasteiger partial charge in [0.2, 0.25) is 0 Å². The van der Waals surface area contributed by atoms with E-state index in [1.165, 1.54) is 0 Å². The summed E-state index contributed by atoms with van der Waals surface area (Å²) in [6, 6.07) is 3.51. The van der Waals surface area contributed by atoms with Crippen LogP contribution in [0.1, 0.15) is 29.8 Å². The van der Waals surface area contributed by atoms with Crippen LogP contribution >= 0.6 is 39.1 Å². The minimum atomic E-state index is -0.183. The molecule has 0 saturated carbocycles. The monoisotopic (exact) mass is 515 g/mol. The fraction of sp³-hybridized carbons (Fsp3) is 0.500. The number of halogens is 3. The number of carbonyl (C=O) groups excluding carboxylic acids is 1. The normalized spacial score (nSPS) is 19.1. The van der Waals surface area contributed by atoms with Gasteiger partial charge in [-0.05, 0) is 35.2 Å². The van der Waals surface area contributed by atoms with Gasteiger partial charge in [0.05, 0.1) is 32.0 Å². The highest BCUT2D eigenvalue weighted by atomic mass is 79.9. The largest absolute Gasteiger partial charge is 0.478 e. The number of nitrogens with zero attached hydrogens (tertiary/aromatic N) is 3. The topological polar surface area (TPSA) is 76.7 Å². The van der Waals surface area contributed by atoms with Crippen LogP contribution in [0.5, 0.6) is 5.75 Å². The van der Waals surface area contributed by atoms with Crippen LogP contribution in [-0.4, -0.2) is 54.6 Å². The molecule has 0 aliphatic carbocycles. The standard InChI is InChI=1S/C20H20BrCl2N3O4/c21-16-15-13(28-9-4-24)11-12(22)17(23)18(15)26-6-5-25(20(27)19(16)26)7-10-30-14-3-1-2-8-29-14/h11,14H,1-3,5-10H2. The lowest BCUT2D eigenvalue weighted by Crippen LogP contribution is -2.42. The Labute approximate surface area is 192 Å². The maximum atomic E-state index is 13.2. The van der Waals surface area contributed by atoms with Crippen molar-refractivity contribution in [2.45, 2.75) is 32.1 Å². The highest BCUT2D eigenvalue weighted by molar-refractivity contribution is 9.10. The Balaban J connectivity index is 1.60. The summed E-state index contributed by atoms with van der Waals surface area (Å²) in [7, 11) is 0. The smallest absolute Gasteiger partial charge is 0.271 e. The van der Waals surface area contributed by atoms with Gasteiger partial charge in [0.25, 0.3) is 5.91 Å². The van der Waals surface area contributed by atoms with Crippen molar-refractivity contribution in [3.05, 3.63) is 26.3 Å². The molecule has 0 radical (unpaired) electrons. The fourth-order valence-electron chi connectivity index (χ4n) is 3.88. The number of rotatable bonds is 6. The van der Waals surface area contributed by atoms with Crippen molar-refractivity contribution in [1.29, 1.82) is 5.26 Å². The van der Waals surface area contributed by atoms with Crippen molar-refractivity contribution >= 4 is 55.9 Å². The van der Waals surface area contributed by atoms with Gasteiger partial charge in [0, 0.05) is 32.3 Å².